The first kappa shape index (κ1) is 15.6. The van der Waals surface area contributed by atoms with Crippen molar-refractivity contribution in [3.63, 3.8) is 0 Å². The summed E-state index contributed by atoms with van der Waals surface area (Å²) in [5, 5.41) is 3.19. The van der Waals surface area contributed by atoms with Gasteiger partial charge < -0.3 is 4.98 Å². The Kier molecular flexibility index (Phi) is 3.42. The van der Waals surface area contributed by atoms with Crippen LogP contribution >= 0.6 is 0 Å². The minimum atomic E-state index is -3.52. The molecule has 130 valence electrons. The van der Waals surface area contributed by atoms with Gasteiger partial charge in [-0.2, -0.15) is 4.31 Å². The molecule has 2 heterocycles. The maximum Gasteiger partial charge on any atom is 0.243 e. The molecule has 0 amide bonds. The van der Waals surface area contributed by atoms with Gasteiger partial charge in [-0.25, -0.2) is 8.42 Å². The Morgan fingerprint density at radius 3 is 2.54 bits per heavy atom. The highest BCUT2D eigenvalue weighted by Crippen LogP contribution is 2.30. The van der Waals surface area contributed by atoms with Gasteiger partial charge in [0.1, 0.15) is 0 Å². The number of H-pyrrole nitrogens is 1. The summed E-state index contributed by atoms with van der Waals surface area (Å²) < 4.78 is 27.9. The van der Waals surface area contributed by atoms with E-state index in [0.717, 1.165) is 28.4 Å². The predicted molar refractivity (Wildman–Crippen MR) is 104 cm³/mol. The van der Waals surface area contributed by atoms with Crippen LogP contribution in [-0.4, -0.2) is 24.3 Å². The van der Waals surface area contributed by atoms with E-state index in [-0.39, 0.29) is 0 Å². The number of sulfonamides is 1. The van der Waals surface area contributed by atoms with E-state index in [0.29, 0.717) is 18.0 Å². The van der Waals surface area contributed by atoms with Crippen LogP contribution in [-0.2, 0) is 23.0 Å². The molecule has 0 saturated carbocycles. The number of hydrogen-bond donors (Lipinski definition) is 1. The maximum atomic E-state index is 13.2. The van der Waals surface area contributed by atoms with Crippen molar-refractivity contribution in [3.8, 4) is 0 Å². The van der Waals surface area contributed by atoms with E-state index < -0.39 is 10.0 Å². The minimum absolute atomic E-state index is 0.357. The highest BCUT2D eigenvalue weighted by Gasteiger charge is 2.30. The van der Waals surface area contributed by atoms with Crippen LogP contribution in [0.3, 0.4) is 0 Å². The lowest BCUT2D eigenvalue weighted by Gasteiger charge is -2.26. The molecule has 0 spiro atoms. The molecule has 0 atom stereocenters. The zero-order valence-electron chi connectivity index (χ0n) is 14.1. The normalized spacial score (nSPS) is 15.4. The Morgan fingerprint density at radius 1 is 0.885 bits per heavy atom. The van der Waals surface area contributed by atoms with E-state index in [1.54, 1.807) is 16.4 Å². The van der Waals surface area contributed by atoms with Crippen molar-refractivity contribution in [3.05, 3.63) is 78.0 Å². The van der Waals surface area contributed by atoms with E-state index in [1.165, 1.54) is 10.9 Å². The van der Waals surface area contributed by atoms with Crippen molar-refractivity contribution in [1.29, 1.82) is 0 Å². The van der Waals surface area contributed by atoms with Crippen molar-refractivity contribution in [2.24, 2.45) is 0 Å². The van der Waals surface area contributed by atoms with Gasteiger partial charge in [0.25, 0.3) is 0 Å². The maximum absolute atomic E-state index is 13.2. The lowest BCUT2D eigenvalue weighted by Crippen LogP contribution is -2.35. The molecular weight excluding hydrogens is 344 g/mol. The summed E-state index contributed by atoms with van der Waals surface area (Å²) in [6, 6.07) is 21.3. The first-order valence-electron chi connectivity index (χ1n) is 8.70. The molecule has 1 aliphatic heterocycles. The van der Waals surface area contributed by atoms with Gasteiger partial charge in [0.15, 0.2) is 0 Å². The van der Waals surface area contributed by atoms with Crippen LogP contribution in [0.15, 0.2) is 71.6 Å². The number of aromatic nitrogens is 1. The van der Waals surface area contributed by atoms with Crippen LogP contribution < -0.4 is 0 Å². The predicted octanol–water partition coefficient (Wildman–Crippen LogP) is 4.07. The molecule has 3 aromatic carbocycles. The summed E-state index contributed by atoms with van der Waals surface area (Å²) in [7, 11) is -3.52. The smallest absolute Gasteiger partial charge is 0.243 e. The van der Waals surface area contributed by atoms with Gasteiger partial charge in [-0.05, 0) is 41.0 Å². The van der Waals surface area contributed by atoms with Crippen LogP contribution in [0.5, 0.6) is 0 Å². The summed E-state index contributed by atoms with van der Waals surface area (Å²) >= 11 is 0. The van der Waals surface area contributed by atoms with Crippen molar-refractivity contribution in [2.45, 2.75) is 17.9 Å². The molecule has 0 saturated heterocycles. The number of nitrogens with zero attached hydrogens (tertiary/aromatic N) is 1. The molecule has 0 unspecified atom stereocenters. The quantitative estimate of drug-likeness (QED) is 0.584. The SMILES string of the molecule is O=S(=O)(c1ccc2ccccc2c1)N1CCc2c([nH]c3ccccc23)C1. The number of benzene rings is 3. The standard InChI is InChI=1S/C21H18N2O2S/c24-26(25,17-10-9-15-5-1-2-6-16(15)13-17)23-12-11-19-18-7-3-4-8-20(18)22-21(19)14-23/h1-10,13,22H,11-12,14H2. The molecule has 0 radical (unpaired) electrons. The zero-order chi connectivity index (χ0) is 17.7. The third kappa shape index (κ3) is 2.35. The van der Waals surface area contributed by atoms with Crippen LogP contribution in [0.1, 0.15) is 11.3 Å². The topological polar surface area (TPSA) is 53.2 Å². The van der Waals surface area contributed by atoms with E-state index in [1.807, 2.05) is 48.5 Å². The van der Waals surface area contributed by atoms with Gasteiger partial charge in [0.2, 0.25) is 10.0 Å². The molecule has 5 rings (SSSR count). The van der Waals surface area contributed by atoms with Gasteiger partial charge in [0, 0.05) is 23.1 Å². The highest BCUT2D eigenvalue weighted by molar-refractivity contribution is 7.89. The molecule has 1 aliphatic rings. The Morgan fingerprint density at radius 2 is 1.65 bits per heavy atom. The Balaban J connectivity index is 1.54. The van der Waals surface area contributed by atoms with Crippen molar-refractivity contribution >= 4 is 31.7 Å². The molecule has 26 heavy (non-hydrogen) atoms. The van der Waals surface area contributed by atoms with E-state index >= 15 is 0 Å². The number of nitrogens with one attached hydrogen (secondary N) is 1. The van der Waals surface area contributed by atoms with Gasteiger partial charge >= 0.3 is 0 Å². The lowest BCUT2D eigenvalue weighted by atomic mass is 10.1. The Bertz CT molecular complexity index is 1240. The first-order chi connectivity index (χ1) is 12.6. The zero-order valence-corrected chi connectivity index (χ0v) is 15.0. The minimum Gasteiger partial charge on any atom is -0.357 e. The average molecular weight is 362 g/mol. The molecule has 5 heteroatoms. The molecule has 0 aliphatic carbocycles. The largest absolute Gasteiger partial charge is 0.357 e. The van der Waals surface area contributed by atoms with Gasteiger partial charge in [0.05, 0.1) is 11.4 Å². The third-order valence-corrected chi connectivity index (χ3v) is 7.05. The van der Waals surface area contributed by atoms with E-state index in [9.17, 15) is 8.42 Å². The Hall–Kier alpha value is -2.63. The third-order valence-electron chi connectivity index (χ3n) is 5.21. The molecule has 1 N–H and O–H groups in total. The summed E-state index contributed by atoms with van der Waals surface area (Å²) in [4.78, 5) is 3.75. The van der Waals surface area contributed by atoms with Crippen LogP contribution in [0.2, 0.25) is 0 Å². The monoisotopic (exact) mass is 362 g/mol. The average Bonchev–Trinajstić information content (AvgIpc) is 3.05. The fraction of sp³-hybridized carbons (Fsp3) is 0.143. The van der Waals surface area contributed by atoms with Gasteiger partial charge in [-0.3, -0.25) is 0 Å². The van der Waals surface area contributed by atoms with Crippen molar-refractivity contribution < 1.29 is 8.42 Å². The first-order valence-corrected chi connectivity index (χ1v) is 10.1. The van der Waals surface area contributed by atoms with Crippen LogP contribution in [0.4, 0.5) is 0 Å². The van der Waals surface area contributed by atoms with E-state index in [2.05, 4.69) is 11.1 Å². The second-order valence-corrected chi connectivity index (χ2v) is 8.66. The highest BCUT2D eigenvalue weighted by atomic mass is 32.2. The van der Waals surface area contributed by atoms with Gasteiger partial charge in [-0.1, -0.05) is 48.5 Å². The number of aromatic amines is 1. The molecule has 0 bridgehead atoms. The van der Waals surface area contributed by atoms with Crippen molar-refractivity contribution in [2.75, 3.05) is 6.54 Å². The molecular formula is C21H18N2O2S. The number of fused-ring (bicyclic) bond motifs is 4. The fourth-order valence-electron chi connectivity index (χ4n) is 3.85. The van der Waals surface area contributed by atoms with Crippen molar-refractivity contribution in [1.82, 2.24) is 9.29 Å². The second kappa shape index (κ2) is 5.69. The molecule has 4 nitrogen and oxygen atoms in total. The lowest BCUT2D eigenvalue weighted by molar-refractivity contribution is 0.388. The molecule has 1 aromatic heterocycles. The summed E-state index contributed by atoms with van der Waals surface area (Å²) in [5.41, 5.74) is 3.31. The summed E-state index contributed by atoms with van der Waals surface area (Å²) in [6.45, 7) is 0.892. The van der Waals surface area contributed by atoms with E-state index in [4.69, 9.17) is 0 Å². The number of hydrogen-bond acceptors (Lipinski definition) is 2. The Labute approximate surface area is 152 Å². The van der Waals surface area contributed by atoms with Crippen LogP contribution in [0.25, 0.3) is 21.7 Å². The number of rotatable bonds is 2. The van der Waals surface area contributed by atoms with Gasteiger partial charge in [-0.15, -0.1) is 0 Å². The molecule has 4 aromatic rings. The van der Waals surface area contributed by atoms with Crippen LogP contribution in [0, 0.1) is 0 Å². The second-order valence-electron chi connectivity index (χ2n) is 6.73. The summed E-state index contributed by atoms with van der Waals surface area (Å²) in [5.74, 6) is 0. The molecule has 0 fully saturated rings. The summed E-state index contributed by atoms with van der Waals surface area (Å²) in [6.07, 6.45) is 0.728. The number of para-hydroxylation sites is 1. The fourth-order valence-corrected chi connectivity index (χ4v) is 5.30.